The highest BCUT2D eigenvalue weighted by molar-refractivity contribution is 5.86. The van der Waals surface area contributed by atoms with Gasteiger partial charge in [-0.25, -0.2) is 4.79 Å². The molecule has 9 heteroatoms. The highest BCUT2D eigenvalue weighted by Crippen LogP contribution is 2.26. The van der Waals surface area contributed by atoms with E-state index in [4.69, 9.17) is 9.47 Å². The quantitative estimate of drug-likeness (QED) is 0.374. The van der Waals surface area contributed by atoms with Crippen LogP contribution in [0.1, 0.15) is 38.7 Å². The van der Waals surface area contributed by atoms with Crippen molar-refractivity contribution in [1.82, 2.24) is 5.32 Å². The number of phenols is 2. The highest BCUT2D eigenvalue weighted by atomic mass is 16.5. The molecular formula is C20H29NO8. The summed E-state index contributed by atoms with van der Waals surface area (Å²) in [5, 5.41) is 31.2. The maximum absolute atomic E-state index is 12.7. The van der Waals surface area contributed by atoms with Crippen molar-refractivity contribution in [3.05, 3.63) is 23.8 Å². The number of ether oxygens (including phenoxy) is 2. The number of aliphatic hydroxyl groups is 1. The van der Waals surface area contributed by atoms with Gasteiger partial charge in [-0.1, -0.05) is 6.07 Å². The summed E-state index contributed by atoms with van der Waals surface area (Å²) in [7, 11) is 0. The third-order valence-corrected chi connectivity index (χ3v) is 4.21. The lowest BCUT2D eigenvalue weighted by Crippen LogP contribution is -2.45. The molecule has 0 fully saturated rings. The first kappa shape index (κ1) is 24.2. The van der Waals surface area contributed by atoms with Crippen LogP contribution in [0.3, 0.4) is 0 Å². The molecular weight excluding hydrogens is 382 g/mol. The number of carbonyl (C=O) groups is 3. The van der Waals surface area contributed by atoms with Crippen molar-refractivity contribution in [2.75, 3.05) is 19.8 Å². The second-order valence-electron chi connectivity index (χ2n) is 6.38. The van der Waals surface area contributed by atoms with E-state index in [0.717, 1.165) is 6.07 Å². The van der Waals surface area contributed by atoms with Crippen LogP contribution in [0, 0.1) is 5.92 Å². The second-order valence-corrected chi connectivity index (χ2v) is 6.38. The number of esters is 2. The number of hydrogen-bond acceptors (Lipinski definition) is 8. The smallest absolute Gasteiger partial charge is 0.328 e. The first-order valence-corrected chi connectivity index (χ1v) is 9.56. The zero-order valence-electron chi connectivity index (χ0n) is 16.7. The first-order valence-electron chi connectivity index (χ1n) is 9.56. The van der Waals surface area contributed by atoms with Crippen LogP contribution in [0.2, 0.25) is 0 Å². The monoisotopic (exact) mass is 411 g/mol. The molecule has 0 aliphatic rings. The molecule has 0 aliphatic heterocycles. The molecule has 0 saturated heterocycles. The van der Waals surface area contributed by atoms with Crippen molar-refractivity contribution in [1.29, 1.82) is 0 Å². The molecule has 29 heavy (non-hydrogen) atoms. The highest BCUT2D eigenvalue weighted by Gasteiger charge is 2.27. The Labute approximate surface area is 169 Å². The van der Waals surface area contributed by atoms with Crippen molar-refractivity contribution >= 4 is 17.8 Å². The average Bonchev–Trinajstić information content (AvgIpc) is 2.66. The third kappa shape index (κ3) is 8.39. The van der Waals surface area contributed by atoms with E-state index < -0.39 is 29.8 Å². The Balaban J connectivity index is 2.87. The van der Waals surface area contributed by atoms with Gasteiger partial charge < -0.3 is 30.1 Å². The van der Waals surface area contributed by atoms with E-state index in [1.54, 1.807) is 13.8 Å². The number of rotatable bonds is 12. The van der Waals surface area contributed by atoms with Gasteiger partial charge in [0, 0.05) is 25.0 Å². The Morgan fingerprint density at radius 2 is 1.76 bits per heavy atom. The van der Waals surface area contributed by atoms with E-state index in [1.165, 1.54) is 12.1 Å². The van der Waals surface area contributed by atoms with E-state index in [9.17, 15) is 29.7 Å². The Morgan fingerprint density at radius 1 is 1.07 bits per heavy atom. The van der Waals surface area contributed by atoms with Gasteiger partial charge in [-0.3, -0.25) is 9.59 Å². The number of hydrogen-bond donors (Lipinski definition) is 4. The number of aliphatic hydroxyl groups excluding tert-OH is 1. The van der Waals surface area contributed by atoms with Crippen LogP contribution < -0.4 is 5.32 Å². The molecule has 0 heterocycles. The zero-order chi connectivity index (χ0) is 21.8. The number of carbonyl (C=O) groups excluding carboxylic acids is 3. The van der Waals surface area contributed by atoms with Gasteiger partial charge in [-0.2, -0.15) is 0 Å². The van der Waals surface area contributed by atoms with Gasteiger partial charge in [0.2, 0.25) is 5.91 Å². The minimum atomic E-state index is -1.04. The van der Waals surface area contributed by atoms with Gasteiger partial charge in [-0.05, 0) is 44.7 Å². The molecule has 0 radical (unpaired) electrons. The van der Waals surface area contributed by atoms with Crippen molar-refractivity contribution < 1.29 is 39.2 Å². The molecule has 1 rings (SSSR count). The molecule has 4 N–H and O–H groups in total. The first-order chi connectivity index (χ1) is 13.8. The molecule has 1 aromatic rings. The molecule has 0 aromatic heterocycles. The van der Waals surface area contributed by atoms with Gasteiger partial charge in [0.05, 0.1) is 13.2 Å². The van der Waals surface area contributed by atoms with Crippen LogP contribution >= 0.6 is 0 Å². The Hall–Kier alpha value is -2.81. The summed E-state index contributed by atoms with van der Waals surface area (Å²) in [6.45, 7) is 3.35. The van der Waals surface area contributed by atoms with Gasteiger partial charge in [-0.15, -0.1) is 0 Å². The molecule has 2 unspecified atom stereocenters. The molecule has 1 aromatic carbocycles. The molecule has 0 aliphatic carbocycles. The molecule has 1 amide bonds. The number of nitrogens with one attached hydrogen (secondary N) is 1. The third-order valence-electron chi connectivity index (χ3n) is 4.21. The lowest BCUT2D eigenvalue weighted by atomic mass is 9.94. The van der Waals surface area contributed by atoms with E-state index in [1.807, 2.05) is 0 Å². The summed E-state index contributed by atoms with van der Waals surface area (Å²) in [5.74, 6) is -2.71. The molecule has 162 valence electrons. The SMILES string of the molecule is CCOC(=O)CCC(NC(=O)C(CCO)Cc1ccc(O)cc1O)C(=O)OCC. The summed E-state index contributed by atoms with van der Waals surface area (Å²) in [6, 6.07) is 2.97. The molecule has 9 nitrogen and oxygen atoms in total. The van der Waals surface area contributed by atoms with Crippen LogP contribution in [-0.4, -0.2) is 59.0 Å². The summed E-state index contributed by atoms with van der Waals surface area (Å²) in [4.78, 5) is 36.5. The summed E-state index contributed by atoms with van der Waals surface area (Å²) in [6.07, 6.45) is 0.131. The van der Waals surface area contributed by atoms with E-state index in [0.29, 0.717) is 5.56 Å². The van der Waals surface area contributed by atoms with E-state index in [2.05, 4.69) is 5.32 Å². The maximum atomic E-state index is 12.7. The predicted molar refractivity (Wildman–Crippen MR) is 103 cm³/mol. The normalized spacial score (nSPS) is 12.7. The minimum absolute atomic E-state index is 0.0136. The van der Waals surface area contributed by atoms with E-state index in [-0.39, 0.29) is 57.0 Å². The molecule has 0 bridgehead atoms. The zero-order valence-corrected chi connectivity index (χ0v) is 16.7. The Bertz CT molecular complexity index is 691. The Kier molecular flexibility index (Phi) is 10.5. The standard InChI is InChI=1S/C20H29NO8/c1-3-28-18(25)8-7-16(20(27)29-4-2)21-19(26)14(9-10-22)11-13-5-6-15(23)12-17(13)24/h5-6,12,14,16,22-24H,3-4,7-11H2,1-2H3,(H,21,26). The van der Waals surface area contributed by atoms with Crippen LogP contribution in [0.4, 0.5) is 0 Å². The molecule has 0 spiro atoms. The number of benzene rings is 1. The summed E-state index contributed by atoms with van der Waals surface area (Å²) in [5.41, 5.74) is 0.413. The minimum Gasteiger partial charge on any atom is -0.508 e. The second kappa shape index (κ2) is 12.6. The molecule has 2 atom stereocenters. The van der Waals surface area contributed by atoms with Crippen molar-refractivity contribution in [2.24, 2.45) is 5.92 Å². The van der Waals surface area contributed by atoms with E-state index >= 15 is 0 Å². The number of aromatic hydroxyl groups is 2. The van der Waals surface area contributed by atoms with Crippen molar-refractivity contribution in [3.63, 3.8) is 0 Å². The van der Waals surface area contributed by atoms with Crippen LogP contribution in [0.5, 0.6) is 11.5 Å². The number of phenolic OH excluding ortho intramolecular Hbond substituents is 2. The lowest BCUT2D eigenvalue weighted by Gasteiger charge is -2.21. The van der Waals surface area contributed by atoms with Crippen LogP contribution in [0.15, 0.2) is 18.2 Å². The van der Waals surface area contributed by atoms with Gasteiger partial charge in [0.25, 0.3) is 0 Å². The van der Waals surface area contributed by atoms with Crippen LogP contribution in [-0.2, 0) is 30.3 Å². The maximum Gasteiger partial charge on any atom is 0.328 e. The van der Waals surface area contributed by atoms with Gasteiger partial charge in [0.1, 0.15) is 17.5 Å². The number of amides is 1. The predicted octanol–water partition coefficient (Wildman–Crippen LogP) is 1.03. The van der Waals surface area contributed by atoms with Crippen LogP contribution in [0.25, 0.3) is 0 Å². The molecule has 0 saturated carbocycles. The van der Waals surface area contributed by atoms with Gasteiger partial charge in [0.15, 0.2) is 0 Å². The van der Waals surface area contributed by atoms with Crippen molar-refractivity contribution in [2.45, 2.75) is 45.6 Å². The Morgan fingerprint density at radius 3 is 2.34 bits per heavy atom. The van der Waals surface area contributed by atoms with Crippen molar-refractivity contribution in [3.8, 4) is 11.5 Å². The fraction of sp³-hybridized carbons (Fsp3) is 0.550. The topological polar surface area (TPSA) is 142 Å². The fourth-order valence-electron chi connectivity index (χ4n) is 2.75. The largest absolute Gasteiger partial charge is 0.508 e. The summed E-state index contributed by atoms with van der Waals surface area (Å²) < 4.78 is 9.80. The lowest BCUT2D eigenvalue weighted by molar-refractivity contribution is -0.149. The summed E-state index contributed by atoms with van der Waals surface area (Å²) >= 11 is 0. The fourth-order valence-corrected chi connectivity index (χ4v) is 2.75. The average molecular weight is 411 g/mol. The van der Waals surface area contributed by atoms with Gasteiger partial charge >= 0.3 is 11.9 Å².